The van der Waals surface area contributed by atoms with E-state index in [2.05, 4.69) is 18.4 Å². The second-order valence-corrected chi connectivity index (χ2v) is 2.04. The fraction of sp³-hybridized carbons (Fsp3) is 0.286. The van der Waals surface area contributed by atoms with Crippen LogP contribution in [0.15, 0.2) is 12.3 Å². The van der Waals surface area contributed by atoms with Gasteiger partial charge in [0.1, 0.15) is 0 Å². The number of rotatable bonds is 0. The molecule has 0 aromatic carbocycles. The Labute approximate surface area is 98.9 Å². The average Bonchev–Trinajstić information content (AvgIpc) is 1.98. The van der Waals surface area contributed by atoms with Crippen LogP contribution in [0.1, 0.15) is 11.3 Å². The molecule has 0 radical (unpaired) electrons. The van der Waals surface area contributed by atoms with E-state index in [1.165, 1.54) is 5.69 Å². The molecule has 1 aromatic heterocycles. The van der Waals surface area contributed by atoms with Crippen LogP contribution < -0.4 is 51.4 Å². The van der Waals surface area contributed by atoms with E-state index < -0.39 is 0 Å². The van der Waals surface area contributed by atoms with E-state index in [4.69, 9.17) is 0 Å². The molecule has 1 heterocycles. The number of aryl methyl sites for hydroxylation is 1. The third kappa shape index (κ3) is 2.13. The van der Waals surface area contributed by atoms with Crippen LogP contribution in [0.25, 0.3) is 0 Å². The monoisotopic (exact) mass is 147 g/mol. The summed E-state index contributed by atoms with van der Waals surface area (Å²) >= 11 is 0. The second kappa shape index (κ2) is 3.83. The minimum atomic E-state index is 0. The molecule has 0 bridgehead atoms. The molecular formula is C7H10KN. The largest absolute Gasteiger partial charge is 1.00 e. The van der Waals surface area contributed by atoms with Crippen LogP contribution in [0, 0.1) is 13.8 Å². The summed E-state index contributed by atoms with van der Waals surface area (Å²) < 4.78 is 2.06. The third-order valence-corrected chi connectivity index (χ3v) is 1.49. The van der Waals surface area contributed by atoms with Crippen molar-refractivity contribution in [2.24, 2.45) is 7.05 Å². The summed E-state index contributed by atoms with van der Waals surface area (Å²) in [4.78, 5) is 0. The van der Waals surface area contributed by atoms with E-state index in [-0.39, 0.29) is 51.4 Å². The maximum atomic E-state index is 3.82. The van der Waals surface area contributed by atoms with Crippen LogP contribution in [0.4, 0.5) is 0 Å². The first kappa shape index (κ1) is 9.79. The molecule has 0 saturated carbocycles. The standard InChI is InChI=1S/C7H10N.K/c1-6-4-5-8(3)7(6)2;/h4-5H,1H2,2-3H3;/q-1;+1. The normalized spacial score (nSPS) is 8.67. The minimum Gasteiger partial charge on any atom is -0.417 e. The molecule has 0 aliphatic carbocycles. The smallest absolute Gasteiger partial charge is 0.417 e. The van der Waals surface area contributed by atoms with Crippen molar-refractivity contribution in [2.45, 2.75) is 6.92 Å². The summed E-state index contributed by atoms with van der Waals surface area (Å²) in [7, 11) is 2.02. The molecule has 1 nitrogen and oxygen atoms in total. The first-order chi connectivity index (χ1) is 3.72. The molecule has 1 aromatic rings. The molecule has 1 rings (SSSR count). The van der Waals surface area contributed by atoms with Crippen LogP contribution >= 0.6 is 0 Å². The molecule has 0 N–H and O–H groups in total. The van der Waals surface area contributed by atoms with E-state index in [0.29, 0.717) is 0 Å². The summed E-state index contributed by atoms with van der Waals surface area (Å²) in [5, 5.41) is 0. The Morgan fingerprint density at radius 1 is 1.56 bits per heavy atom. The van der Waals surface area contributed by atoms with E-state index in [9.17, 15) is 0 Å². The fourth-order valence-corrected chi connectivity index (χ4v) is 0.661. The first-order valence-corrected chi connectivity index (χ1v) is 2.65. The van der Waals surface area contributed by atoms with Crippen molar-refractivity contribution in [3.05, 3.63) is 30.4 Å². The predicted molar refractivity (Wildman–Crippen MR) is 34.6 cm³/mol. The Hall–Kier alpha value is 0.786. The van der Waals surface area contributed by atoms with Gasteiger partial charge in [-0.15, -0.1) is 6.07 Å². The molecule has 0 unspecified atom stereocenters. The Morgan fingerprint density at radius 3 is 2.22 bits per heavy atom. The molecule has 0 saturated heterocycles. The van der Waals surface area contributed by atoms with E-state index in [1.807, 2.05) is 19.3 Å². The van der Waals surface area contributed by atoms with Crippen molar-refractivity contribution in [1.29, 1.82) is 0 Å². The van der Waals surface area contributed by atoms with Crippen molar-refractivity contribution in [3.8, 4) is 0 Å². The molecule has 0 aliphatic heterocycles. The molecular weight excluding hydrogens is 137 g/mol. The topological polar surface area (TPSA) is 4.93 Å². The van der Waals surface area contributed by atoms with Gasteiger partial charge in [0, 0.05) is 0 Å². The van der Waals surface area contributed by atoms with Gasteiger partial charge in [-0.1, -0.05) is 18.8 Å². The van der Waals surface area contributed by atoms with Crippen molar-refractivity contribution in [3.63, 3.8) is 0 Å². The van der Waals surface area contributed by atoms with Gasteiger partial charge in [-0.2, -0.15) is 12.5 Å². The van der Waals surface area contributed by atoms with Crippen LogP contribution in [-0.4, -0.2) is 4.57 Å². The van der Waals surface area contributed by atoms with Crippen LogP contribution in [-0.2, 0) is 7.05 Å². The van der Waals surface area contributed by atoms with Gasteiger partial charge < -0.3 is 4.57 Å². The molecule has 0 fully saturated rings. The molecule has 9 heavy (non-hydrogen) atoms. The molecule has 0 aliphatic rings. The number of hydrogen-bond acceptors (Lipinski definition) is 0. The molecule has 0 spiro atoms. The number of nitrogens with zero attached hydrogens (tertiary/aromatic N) is 1. The van der Waals surface area contributed by atoms with Gasteiger partial charge >= 0.3 is 51.4 Å². The number of hydrogen-bond donors (Lipinski definition) is 0. The van der Waals surface area contributed by atoms with Gasteiger partial charge in [0.05, 0.1) is 0 Å². The van der Waals surface area contributed by atoms with Gasteiger partial charge in [-0.3, -0.25) is 0 Å². The summed E-state index contributed by atoms with van der Waals surface area (Å²) in [5.74, 6) is 0. The second-order valence-electron chi connectivity index (χ2n) is 2.04. The zero-order chi connectivity index (χ0) is 6.15. The molecule has 0 atom stereocenters. The van der Waals surface area contributed by atoms with Crippen LogP contribution in [0.2, 0.25) is 0 Å². The van der Waals surface area contributed by atoms with Gasteiger partial charge in [0.25, 0.3) is 0 Å². The Balaban J connectivity index is 0.000000640. The average molecular weight is 147 g/mol. The Kier molecular flexibility index (Phi) is 4.17. The summed E-state index contributed by atoms with van der Waals surface area (Å²) in [6.07, 6.45) is 2.01. The van der Waals surface area contributed by atoms with Crippen molar-refractivity contribution >= 4 is 0 Å². The molecule has 2 heteroatoms. The summed E-state index contributed by atoms with van der Waals surface area (Å²) in [6.45, 7) is 5.88. The van der Waals surface area contributed by atoms with E-state index >= 15 is 0 Å². The quantitative estimate of drug-likeness (QED) is 0.311. The summed E-state index contributed by atoms with van der Waals surface area (Å²) in [5.41, 5.74) is 2.36. The van der Waals surface area contributed by atoms with Gasteiger partial charge in [0.15, 0.2) is 0 Å². The predicted octanol–water partition coefficient (Wildman–Crippen LogP) is -1.48. The van der Waals surface area contributed by atoms with Crippen molar-refractivity contribution in [2.75, 3.05) is 0 Å². The molecule has 44 valence electrons. The minimum absolute atomic E-state index is 0. The van der Waals surface area contributed by atoms with Gasteiger partial charge in [-0.05, 0) is 7.05 Å². The van der Waals surface area contributed by atoms with Gasteiger partial charge in [0.2, 0.25) is 0 Å². The Morgan fingerprint density at radius 2 is 2.11 bits per heavy atom. The van der Waals surface area contributed by atoms with Crippen molar-refractivity contribution in [1.82, 2.24) is 4.57 Å². The SMILES string of the molecule is [CH2-]c1ccn(C)c1C.[K+]. The van der Waals surface area contributed by atoms with Crippen molar-refractivity contribution < 1.29 is 51.4 Å². The Bertz CT molecular complexity index is 171. The maximum Gasteiger partial charge on any atom is 1.00 e. The van der Waals surface area contributed by atoms with Crippen LogP contribution in [0.3, 0.4) is 0 Å². The maximum absolute atomic E-state index is 3.82. The third-order valence-electron chi connectivity index (χ3n) is 1.49. The van der Waals surface area contributed by atoms with Crippen LogP contribution in [0.5, 0.6) is 0 Å². The zero-order valence-electron chi connectivity index (χ0n) is 6.31. The van der Waals surface area contributed by atoms with Gasteiger partial charge in [-0.25, -0.2) is 0 Å². The zero-order valence-corrected chi connectivity index (χ0v) is 9.43. The van der Waals surface area contributed by atoms with E-state index in [1.54, 1.807) is 0 Å². The summed E-state index contributed by atoms with van der Waals surface area (Å²) in [6, 6.07) is 2.01. The first-order valence-electron chi connectivity index (χ1n) is 2.65. The number of aromatic nitrogens is 1. The molecule has 0 amide bonds. The van der Waals surface area contributed by atoms with E-state index in [0.717, 1.165) is 5.56 Å². The fourth-order valence-electron chi connectivity index (χ4n) is 0.661.